The van der Waals surface area contributed by atoms with Crippen LogP contribution in [-0.4, -0.2) is 18.1 Å². The van der Waals surface area contributed by atoms with Crippen molar-refractivity contribution in [3.8, 4) is 0 Å². The lowest BCUT2D eigenvalue weighted by atomic mass is 10.1. The van der Waals surface area contributed by atoms with E-state index in [4.69, 9.17) is 0 Å². The van der Waals surface area contributed by atoms with Crippen molar-refractivity contribution in [1.29, 1.82) is 0 Å². The zero-order valence-electron chi connectivity index (χ0n) is 8.25. The summed E-state index contributed by atoms with van der Waals surface area (Å²) >= 11 is 0. The van der Waals surface area contributed by atoms with Gasteiger partial charge in [-0.2, -0.15) is 0 Å². The van der Waals surface area contributed by atoms with Gasteiger partial charge in [0.2, 0.25) is 0 Å². The first kappa shape index (κ1) is 8.42. The standard InChI is InChI=1S/C11H16N2/c1-9(2)8-13-5-3-4-10-6-12-7-11(10)13/h3-4,6-7,9,12H,5,8H2,1-2H3. The zero-order valence-corrected chi connectivity index (χ0v) is 8.25. The predicted octanol–water partition coefficient (Wildman–Crippen LogP) is 2.50. The molecule has 2 nitrogen and oxygen atoms in total. The third-order valence-electron chi connectivity index (χ3n) is 2.30. The summed E-state index contributed by atoms with van der Waals surface area (Å²) in [6, 6.07) is 0. The van der Waals surface area contributed by atoms with Crippen LogP contribution in [0.3, 0.4) is 0 Å². The lowest BCUT2D eigenvalue weighted by Crippen LogP contribution is -2.29. The monoisotopic (exact) mass is 176 g/mol. The first-order valence-corrected chi connectivity index (χ1v) is 4.85. The van der Waals surface area contributed by atoms with E-state index in [2.05, 4.69) is 48.3 Å². The Morgan fingerprint density at radius 1 is 1.46 bits per heavy atom. The van der Waals surface area contributed by atoms with E-state index in [1.165, 1.54) is 11.3 Å². The fourth-order valence-corrected chi connectivity index (χ4v) is 1.79. The van der Waals surface area contributed by atoms with E-state index in [1.54, 1.807) is 0 Å². The molecule has 2 heterocycles. The van der Waals surface area contributed by atoms with Gasteiger partial charge in [-0.1, -0.05) is 26.0 Å². The van der Waals surface area contributed by atoms with Crippen LogP contribution in [0, 0.1) is 5.92 Å². The van der Waals surface area contributed by atoms with Crippen molar-refractivity contribution in [3.63, 3.8) is 0 Å². The lowest BCUT2D eigenvalue weighted by Gasteiger charge is -2.27. The van der Waals surface area contributed by atoms with Crippen LogP contribution in [0.15, 0.2) is 18.5 Å². The van der Waals surface area contributed by atoms with Crippen LogP contribution in [0.5, 0.6) is 0 Å². The molecule has 0 saturated heterocycles. The molecular formula is C11H16N2. The minimum absolute atomic E-state index is 0.717. The van der Waals surface area contributed by atoms with Crippen LogP contribution in [0.2, 0.25) is 0 Å². The van der Waals surface area contributed by atoms with Crippen LogP contribution in [0.25, 0.3) is 6.08 Å². The Hall–Kier alpha value is -1.18. The summed E-state index contributed by atoms with van der Waals surface area (Å²) < 4.78 is 0. The molecule has 13 heavy (non-hydrogen) atoms. The van der Waals surface area contributed by atoms with Crippen molar-refractivity contribution < 1.29 is 0 Å². The minimum atomic E-state index is 0.717. The van der Waals surface area contributed by atoms with Gasteiger partial charge in [0.05, 0.1) is 5.69 Å². The summed E-state index contributed by atoms with van der Waals surface area (Å²) in [5, 5.41) is 0. The van der Waals surface area contributed by atoms with Gasteiger partial charge in [0.25, 0.3) is 0 Å². The molecule has 70 valence electrons. The highest BCUT2D eigenvalue weighted by Crippen LogP contribution is 2.25. The SMILES string of the molecule is CC(C)CN1CC=Cc2c[nH]cc21. The molecule has 2 heteroatoms. The Balaban J connectivity index is 2.20. The quantitative estimate of drug-likeness (QED) is 0.733. The van der Waals surface area contributed by atoms with Gasteiger partial charge in [0.1, 0.15) is 0 Å². The second kappa shape index (κ2) is 3.29. The first-order chi connectivity index (χ1) is 6.27. The van der Waals surface area contributed by atoms with Gasteiger partial charge in [-0.3, -0.25) is 0 Å². The molecular weight excluding hydrogens is 160 g/mol. The Kier molecular flexibility index (Phi) is 2.13. The van der Waals surface area contributed by atoms with E-state index in [0.717, 1.165) is 13.1 Å². The van der Waals surface area contributed by atoms with Gasteiger partial charge in [-0.05, 0) is 5.92 Å². The summed E-state index contributed by atoms with van der Waals surface area (Å²) in [7, 11) is 0. The third-order valence-corrected chi connectivity index (χ3v) is 2.30. The highest BCUT2D eigenvalue weighted by molar-refractivity contribution is 5.70. The maximum absolute atomic E-state index is 3.15. The number of fused-ring (bicyclic) bond motifs is 1. The van der Waals surface area contributed by atoms with Gasteiger partial charge >= 0.3 is 0 Å². The van der Waals surface area contributed by atoms with Crippen LogP contribution in [0.4, 0.5) is 5.69 Å². The molecule has 1 aliphatic rings. The molecule has 1 aliphatic heterocycles. The molecule has 1 aromatic heterocycles. The molecule has 0 unspecified atom stereocenters. The minimum Gasteiger partial charge on any atom is -0.366 e. The van der Waals surface area contributed by atoms with E-state index in [-0.39, 0.29) is 0 Å². The molecule has 0 aromatic carbocycles. The van der Waals surface area contributed by atoms with Crippen molar-refractivity contribution in [2.24, 2.45) is 5.92 Å². The summed E-state index contributed by atoms with van der Waals surface area (Å²) in [6.45, 7) is 6.69. The van der Waals surface area contributed by atoms with E-state index in [1.807, 2.05) is 0 Å². The van der Waals surface area contributed by atoms with Crippen molar-refractivity contribution >= 4 is 11.8 Å². The van der Waals surface area contributed by atoms with Crippen molar-refractivity contribution in [3.05, 3.63) is 24.0 Å². The van der Waals surface area contributed by atoms with Crippen LogP contribution < -0.4 is 4.90 Å². The van der Waals surface area contributed by atoms with Gasteiger partial charge < -0.3 is 9.88 Å². The van der Waals surface area contributed by atoms with Crippen LogP contribution >= 0.6 is 0 Å². The summed E-state index contributed by atoms with van der Waals surface area (Å²) in [5.74, 6) is 0.717. The maximum Gasteiger partial charge on any atom is 0.0620 e. The average Bonchev–Trinajstić information content (AvgIpc) is 2.51. The fraction of sp³-hybridized carbons (Fsp3) is 0.455. The second-order valence-electron chi connectivity index (χ2n) is 4.00. The smallest absolute Gasteiger partial charge is 0.0620 e. The molecule has 0 radical (unpaired) electrons. The van der Waals surface area contributed by atoms with Crippen LogP contribution in [0.1, 0.15) is 19.4 Å². The van der Waals surface area contributed by atoms with Crippen molar-refractivity contribution in [2.45, 2.75) is 13.8 Å². The maximum atomic E-state index is 3.15. The Morgan fingerprint density at radius 2 is 2.31 bits per heavy atom. The molecule has 0 aliphatic carbocycles. The Morgan fingerprint density at radius 3 is 3.08 bits per heavy atom. The van der Waals surface area contributed by atoms with Gasteiger partial charge in [-0.15, -0.1) is 0 Å². The number of H-pyrrole nitrogens is 1. The van der Waals surface area contributed by atoms with E-state index in [9.17, 15) is 0 Å². The molecule has 0 saturated carbocycles. The van der Waals surface area contributed by atoms with Gasteiger partial charge in [0.15, 0.2) is 0 Å². The topological polar surface area (TPSA) is 19.0 Å². The normalized spacial score (nSPS) is 15.2. The number of hydrogen-bond acceptors (Lipinski definition) is 1. The highest BCUT2D eigenvalue weighted by Gasteiger charge is 2.13. The molecule has 0 amide bonds. The summed E-state index contributed by atoms with van der Waals surface area (Å²) in [6.07, 6.45) is 8.54. The number of aromatic nitrogens is 1. The van der Waals surface area contributed by atoms with E-state index >= 15 is 0 Å². The van der Waals surface area contributed by atoms with Crippen LogP contribution in [-0.2, 0) is 0 Å². The highest BCUT2D eigenvalue weighted by atomic mass is 15.1. The summed E-state index contributed by atoms with van der Waals surface area (Å²) in [5.41, 5.74) is 2.66. The van der Waals surface area contributed by atoms with Crippen molar-refractivity contribution in [1.82, 2.24) is 4.98 Å². The third kappa shape index (κ3) is 1.62. The molecule has 1 N–H and O–H groups in total. The molecule has 1 aromatic rings. The number of aromatic amines is 1. The second-order valence-corrected chi connectivity index (χ2v) is 4.00. The Bertz CT molecular complexity index is 310. The van der Waals surface area contributed by atoms with E-state index < -0.39 is 0 Å². The van der Waals surface area contributed by atoms with E-state index in [0.29, 0.717) is 5.92 Å². The van der Waals surface area contributed by atoms with Crippen molar-refractivity contribution in [2.75, 3.05) is 18.0 Å². The average molecular weight is 176 g/mol. The molecule has 0 bridgehead atoms. The largest absolute Gasteiger partial charge is 0.366 e. The molecule has 0 atom stereocenters. The molecule has 0 fully saturated rings. The zero-order chi connectivity index (χ0) is 9.26. The van der Waals surface area contributed by atoms with Gasteiger partial charge in [-0.25, -0.2) is 0 Å². The number of hydrogen-bond donors (Lipinski definition) is 1. The number of rotatable bonds is 2. The number of anilines is 1. The summed E-state index contributed by atoms with van der Waals surface area (Å²) in [4.78, 5) is 5.56. The Labute approximate surface area is 79.3 Å². The fourth-order valence-electron chi connectivity index (χ4n) is 1.79. The number of nitrogens with zero attached hydrogens (tertiary/aromatic N) is 1. The molecule has 2 rings (SSSR count). The lowest BCUT2D eigenvalue weighted by molar-refractivity contribution is 0.625. The molecule has 0 spiro atoms. The predicted molar refractivity (Wildman–Crippen MR) is 56.9 cm³/mol. The number of nitrogens with one attached hydrogen (secondary N) is 1. The van der Waals surface area contributed by atoms with Gasteiger partial charge in [0, 0.05) is 31.0 Å². The first-order valence-electron chi connectivity index (χ1n) is 4.85.